The van der Waals surface area contributed by atoms with E-state index in [1.807, 2.05) is 45.9 Å². The van der Waals surface area contributed by atoms with Gasteiger partial charge in [-0.25, -0.2) is 9.18 Å². The Kier molecular flexibility index (Phi) is 6.20. The van der Waals surface area contributed by atoms with Crippen molar-refractivity contribution in [1.29, 1.82) is 0 Å². The fourth-order valence-corrected chi connectivity index (χ4v) is 3.57. The van der Waals surface area contributed by atoms with E-state index in [-0.39, 0.29) is 17.8 Å². The van der Waals surface area contributed by atoms with Crippen LogP contribution in [0.3, 0.4) is 0 Å². The van der Waals surface area contributed by atoms with E-state index >= 15 is 0 Å². The second kappa shape index (κ2) is 8.53. The van der Waals surface area contributed by atoms with Crippen LogP contribution in [0.1, 0.15) is 50.3 Å². The SMILES string of the molecule is C/C(=C\c1cc(C)c(-c2ccc(NC(C)C)cc2F)cc1C)C(=O)NC1(C(=O)O)CC1. The predicted molar refractivity (Wildman–Crippen MR) is 121 cm³/mol. The van der Waals surface area contributed by atoms with E-state index in [9.17, 15) is 19.1 Å². The molecule has 2 aromatic carbocycles. The zero-order chi connectivity index (χ0) is 22.9. The Bertz CT molecular complexity index is 1070. The summed E-state index contributed by atoms with van der Waals surface area (Å²) in [7, 11) is 0. The van der Waals surface area contributed by atoms with E-state index in [2.05, 4.69) is 10.6 Å². The molecule has 0 atom stereocenters. The summed E-state index contributed by atoms with van der Waals surface area (Å²) in [6.45, 7) is 9.48. The number of aliphatic carboxylic acids is 1. The maximum absolute atomic E-state index is 14.8. The Labute approximate surface area is 182 Å². The standard InChI is InChI=1S/C25H29FN2O3/c1-14(2)27-19-6-7-20(22(26)13-19)21-12-15(3)18(10-16(21)4)11-17(5)23(29)28-25(8-9-25)24(30)31/h6-7,10-14,27H,8-9H2,1-5H3,(H,28,29)(H,30,31)/b17-11+. The number of carbonyl (C=O) groups excluding carboxylic acids is 1. The Morgan fingerprint density at radius 1 is 1.10 bits per heavy atom. The molecule has 6 heteroatoms. The van der Waals surface area contributed by atoms with Crippen LogP contribution in [0.25, 0.3) is 17.2 Å². The molecular formula is C25H29FN2O3. The van der Waals surface area contributed by atoms with Gasteiger partial charge in [0.25, 0.3) is 0 Å². The number of hydrogen-bond donors (Lipinski definition) is 3. The van der Waals surface area contributed by atoms with E-state index in [1.54, 1.807) is 19.1 Å². The van der Waals surface area contributed by atoms with E-state index in [0.29, 0.717) is 24.0 Å². The zero-order valence-electron chi connectivity index (χ0n) is 18.6. The third-order valence-corrected chi connectivity index (χ3v) is 5.57. The van der Waals surface area contributed by atoms with Gasteiger partial charge in [-0.1, -0.05) is 12.1 Å². The van der Waals surface area contributed by atoms with Gasteiger partial charge in [0.05, 0.1) is 0 Å². The molecule has 1 saturated carbocycles. The second-order valence-corrected chi connectivity index (χ2v) is 8.69. The molecule has 0 saturated heterocycles. The molecule has 2 aromatic rings. The lowest BCUT2D eigenvalue weighted by Crippen LogP contribution is -2.43. The molecule has 1 aliphatic rings. The minimum Gasteiger partial charge on any atom is -0.480 e. The first-order valence-corrected chi connectivity index (χ1v) is 10.4. The van der Waals surface area contributed by atoms with Crippen LogP contribution >= 0.6 is 0 Å². The summed E-state index contributed by atoms with van der Waals surface area (Å²) in [6.07, 6.45) is 2.64. The van der Waals surface area contributed by atoms with Gasteiger partial charge in [-0.2, -0.15) is 0 Å². The predicted octanol–water partition coefficient (Wildman–Crippen LogP) is 5.07. The number of benzene rings is 2. The summed E-state index contributed by atoms with van der Waals surface area (Å²) in [5.41, 5.74) is 4.00. The van der Waals surface area contributed by atoms with Crippen molar-refractivity contribution < 1.29 is 19.1 Å². The number of amides is 1. The molecule has 1 amide bonds. The minimum absolute atomic E-state index is 0.214. The number of anilines is 1. The minimum atomic E-state index is -1.12. The molecule has 0 heterocycles. The molecule has 0 unspecified atom stereocenters. The Hall–Kier alpha value is -3.15. The molecule has 0 radical (unpaired) electrons. The average molecular weight is 425 g/mol. The van der Waals surface area contributed by atoms with Gasteiger partial charge in [0.1, 0.15) is 11.4 Å². The number of nitrogens with one attached hydrogen (secondary N) is 2. The summed E-state index contributed by atoms with van der Waals surface area (Å²) in [5, 5.41) is 15.1. The molecule has 0 aliphatic heterocycles. The second-order valence-electron chi connectivity index (χ2n) is 8.69. The van der Waals surface area contributed by atoms with Crippen molar-refractivity contribution in [2.45, 2.75) is 59.0 Å². The van der Waals surface area contributed by atoms with Gasteiger partial charge >= 0.3 is 5.97 Å². The van der Waals surface area contributed by atoms with Crippen molar-refractivity contribution >= 4 is 23.6 Å². The molecular weight excluding hydrogens is 395 g/mol. The van der Waals surface area contributed by atoms with Crippen LogP contribution in [0.5, 0.6) is 0 Å². The quantitative estimate of drug-likeness (QED) is 0.543. The van der Waals surface area contributed by atoms with Crippen molar-refractivity contribution in [2.75, 3.05) is 5.32 Å². The Morgan fingerprint density at radius 3 is 2.32 bits per heavy atom. The molecule has 164 valence electrons. The van der Waals surface area contributed by atoms with Crippen molar-refractivity contribution in [3.05, 3.63) is 58.4 Å². The summed E-state index contributed by atoms with van der Waals surface area (Å²) in [5.74, 6) is -1.68. The number of aryl methyl sites for hydroxylation is 2. The Morgan fingerprint density at radius 2 is 1.77 bits per heavy atom. The van der Waals surface area contributed by atoms with Crippen LogP contribution in [0.2, 0.25) is 0 Å². The Balaban J connectivity index is 1.86. The molecule has 1 fully saturated rings. The first kappa shape index (κ1) is 22.5. The number of carboxylic acid groups (broad SMARTS) is 1. The number of carbonyl (C=O) groups is 2. The van der Waals surface area contributed by atoms with E-state index in [4.69, 9.17) is 0 Å². The highest BCUT2D eigenvalue weighted by molar-refractivity contribution is 6.01. The highest BCUT2D eigenvalue weighted by atomic mass is 19.1. The zero-order valence-corrected chi connectivity index (χ0v) is 18.6. The van der Waals surface area contributed by atoms with Crippen LogP contribution in [0.4, 0.5) is 10.1 Å². The van der Waals surface area contributed by atoms with Crippen LogP contribution in [-0.4, -0.2) is 28.6 Å². The maximum Gasteiger partial charge on any atom is 0.329 e. The number of rotatable bonds is 7. The first-order chi connectivity index (χ1) is 14.5. The molecule has 5 nitrogen and oxygen atoms in total. The average Bonchev–Trinajstić information content (AvgIpc) is 3.45. The van der Waals surface area contributed by atoms with Gasteiger partial charge < -0.3 is 15.7 Å². The van der Waals surface area contributed by atoms with Crippen molar-refractivity contribution in [3.63, 3.8) is 0 Å². The van der Waals surface area contributed by atoms with Crippen LogP contribution in [0.15, 0.2) is 35.9 Å². The molecule has 0 aromatic heterocycles. The lowest BCUT2D eigenvalue weighted by Gasteiger charge is -2.15. The number of halogens is 1. The third kappa shape index (κ3) is 4.95. The highest BCUT2D eigenvalue weighted by Crippen LogP contribution is 2.36. The lowest BCUT2D eigenvalue weighted by atomic mass is 9.93. The van der Waals surface area contributed by atoms with Gasteiger partial charge in [0.2, 0.25) is 5.91 Å². The number of carboxylic acids is 1. The van der Waals surface area contributed by atoms with Gasteiger partial charge in [-0.05, 0) is 94.0 Å². The van der Waals surface area contributed by atoms with Crippen molar-refractivity contribution in [3.8, 4) is 11.1 Å². The summed E-state index contributed by atoms with van der Waals surface area (Å²) in [6, 6.07) is 9.20. The van der Waals surface area contributed by atoms with Crippen LogP contribution in [0, 0.1) is 19.7 Å². The van der Waals surface area contributed by atoms with E-state index in [1.165, 1.54) is 6.07 Å². The lowest BCUT2D eigenvalue weighted by molar-refractivity contribution is -0.142. The van der Waals surface area contributed by atoms with E-state index < -0.39 is 11.5 Å². The van der Waals surface area contributed by atoms with Gasteiger partial charge in [-0.15, -0.1) is 0 Å². The van der Waals surface area contributed by atoms with Crippen LogP contribution < -0.4 is 10.6 Å². The topological polar surface area (TPSA) is 78.4 Å². The molecule has 31 heavy (non-hydrogen) atoms. The monoisotopic (exact) mass is 424 g/mol. The normalized spacial score (nSPS) is 15.0. The largest absolute Gasteiger partial charge is 0.480 e. The molecule has 3 rings (SSSR count). The fourth-order valence-electron chi connectivity index (χ4n) is 3.57. The fraction of sp³-hybridized carbons (Fsp3) is 0.360. The van der Waals surface area contributed by atoms with Crippen LogP contribution in [-0.2, 0) is 9.59 Å². The molecule has 0 spiro atoms. The van der Waals surface area contributed by atoms with Gasteiger partial charge in [0, 0.05) is 22.9 Å². The molecule has 0 bridgehead atoms. The van der Waals surface area contributed by atoms with Crippen molar-refractivity contribution in [2.24, 2.45) is 0 Å². The maximum atomic E-state index is 14.8. The summed E-state index contributed by atoms with van der Waals surface area (Å²) < 4.78 is 14.8. The van der Waals surface area contributed by atoms with Crippen molar-refractivity contribution in [1.82, 2.24) is 5.32 Å². The number of hydrogen-bond acceptors (Lipinski definition) is 3. The van der Waals surface area contributed by atoms with E-state index in [0.717, 1.165) is 27.9 Å². The summed E-state index contributed by atoms with van der Waals surface area (Å²) in [4.78, 5) is 23.7. The third-order valence-electron chi connectivity index (χ3n) is 5.57. The smallest absolute Gasteiger partial charge is 0.329 e. The first-order valence-electron chi connectivity index (χ1n) is 10.4. The molecule has 1 aliphatic carbocycles. The molecule has 3 N–H and O–H groups in total. The van der Waals surface area contributed by atoms with Gasteiger partial charge in [-0.3, -0.25) is 4.79 Å². The van der Waals surface area contributed by atoms with Gasteiger partial charge in [0.15, 0.2) is 0 Å². The highest BCUT2D eigenvalue weighted by Gasteiger charge is 2.51. The summed E-state index contributed by atoms with van der Waals surface area (Å²) >= 11 is 0.